The van der Waals surface area contributed by atoms with Crippen molar-refractivity contribution in [2.45, 2.75) is 6.10 Å². The van der Waals surface area contributed by atoms with Gasteiger partial charge < -0.3 is 9.57 Å². The Morgan fingerprint density at radius 2 is 1.72 bits per heavy atom. The highest BCUT2D eigenvalue weighted by molar-refractivity contribution is 9.10. The van der Waals surface area contributed by atoms with Crippen LogP contribution in [0, 0.1) is 5.92 Å². The van der Waals surface area contributed by atoms with Crippen LogP contribution in [0.15, 0.2) is 58.2 Å². The van der Waals surface area contributed by atoms with E-state index in [-0.39, 0.29) is 5.91 Å². The van der Waals surface area contributed by atoms with Gasteiger partial charge in [-0.3, -0.25) is 9.59 Å². The Balaban J connectivity index is 1.67. The Hall–Kier alpha value is -2.67. The van der Waals surface area contributed by atoms with Crippen molar-refractivity contribution < 1.29 is 19.2 Å². The first-order valence-electron chi connectivity index (χ1n) is 7.61. The monoisotopic (exact) mass is 400 g/mol. The molecule has 0 unspecified atom stereocenters. The minimum atomic E-state index is -0.909. The van der Waals surface area contributed by atoms with Crippen LogP contribution in [0.5, 0.6) is 5.75 Å². The van der Waals surface area contributed by atoms with Crippen molar-refractivity contribution in [3.63, 3.8) is 0 Å². The molecule has 2 atom stereocenters. The number of imide groups is 1. The molecule has 0 aromatic heterocycles. The first kappa shape index (κ1) is 15.8. The molecule has 0 radical (unpaired) electrons. The zero-order chi connectivity index (χ0) is 17.6. The molecule has 0 spiro atoms. The van der Waals surface area contributed by atoms with Gasteiger partial charge in [-0.25, -0.2) is 4.90 Å². The lowest BCUT2D eigenvalue weighted by atomic mass is 9.94. The van der Waals surface area contributed by atoms with Gasteiger partial charge in [0.2, 0.25) is 12.0 Å². The number of benzene rings is 2. The number of oxime groups is 1. The van der Waals surface area contributed by atoms with Gasteiger partial charge in [0.25, 0.3) is 5.91 Å². The predicted octanol–water partition coefficient (Wildman–Crippen LogP) is 2.75. The van der Waals surface area contributed by atoms with Gasteiger partial charge in [0, 0.05) is 10.0 Å². The van der Waals surface area contributed by atoms with Crippen LogP contribution in [0.4, 0.5) is 5.69 Å². The summed E-state index contributed by atoms with van der Waals surface area (Å²) in [6.07, 6.45) is -0.909. The van der Waals surface area contributed by atoms with E-state index in [1.807, 2.05) is 24.3 Å². The van der Waals surface area contributed by atoms with Crippen molar-refractivity contribution in [3.8, 4) is 5.75 Å². The first-order chi connectivity index (χ1) is 12.1. The molecule has 2 aromatic carbocycles. The predicted molar refractivity (Wildman–Crippen MR) is 94.5 cm³/mol. The van der Waals surface area contributed by atoms with Gasteiger partial charge >= 0.3 is 0 Å². The van der Waals surface area contributed by atoms with Gasteiger partial charge in [0.15, 0.2) is 0 Å². The summed E-state index contributed by atoms with van der Waals surface area (Å²) in [6.45, 7) is 0. The van der Waals surface area contributed by atoms with Gasteiger partial charge in [-0.2, -0.15) is 0 Å². The molecule has 0 aliphatic carbocycles. The van der Waals surface area contributed by atoms with E-state index in [0.717, 1.165) is 14.9 Å². The molecule has 126 valence electrons. The number of carbonyl (C=O) groups is 2. The number of methoxy groups -OCH3 is 1. The third-order valence-corrected chi connectivity index (χ3v) is 4.81. The Morgan fingerprint density at radius 1 is 1.04 bits per heavy atom. The van der Waals surface area contributed by atoms with Gasteiger partial charge in [-0.1, -0.05) is 33.2 Å². The van der Waals surface area contributed by atoms with Crippen molar-refractivity contribution >= 4 is 39.1 Å². The van der Waals surface area contributed by atoms with E-state index in [2.05, 4.69) is 21.1 Å². The van der Waals surface area contributed by atoms with Gasteiger partial charge in [0.1, 0.15) is 17.4 Å². The van der Waals surface area contributed by atoms with Crippen LogP contribution in [0.3, 0.4) is 0 Å². The molecule has 2 aliphatic rings. The van der Waals surface area contributed by atoms with Crippen molar-refractivity contribution in [2.24, 2.45) is 11.1 Å². The maximum atomic E-state index is 12.9. The van der Waals surface area contributed by atoms with E-state index >= 15 is 0 Å². The molecule has 1 fully saturated rings. The van der Waals surface area contributed by atoms with Crippen molar-refractivity contribution in [2.75, 3.05) is 12.0 Å². The van der Waals surface area contributed by atoms with Crippen molar-refractivity contribution in [1.29, 1.82) is 0 Å². The fourth-order valence-corrected chi connectivity index (χ4v) is 3.29. The van der Waals surface area contributed by atoms with Crippen LogP contribution in [-0.4, -0.2) is 30.7 Å². The Labute approximate surface area is 152 Å². The van der Waals surface area contributed by atoms with E-state index in [4.69, 9.17) is 9.57 Å². The summed E-state index contributed by atoms with van der Waals surface area (Å²) in [7, 11) is 1.56. The maximum Gasteiger partial charge on any atom is 0.278 e. The van der Waals surface area contributed by atoms with E-state index in [0.29, 0.717) is 17.1 Å². The number of anilines is 1. The molecule has 2 amide bonds. The fraction of sp³-hybridized carbons (Fsp3) is 0.167. The molecule has 6 nitrogen and oxygen atoms in total. The molecule has 1 saturated heterocycles. The largest absolute Gasteiger partial charge is 0.497 e. The maximum absolute atomic E-state index is 12.9. The summed E-state index contributed by atoms with van der Waals surface area (Å²) < 4.78 is 6.03. The zero-order valence-electron chi connectivity index (χ0n) is 13.2. The third kappa shape index (κ3) is 2.51. The summed E-state index contributed by atoms with van der Waals surface area (Å²) in [5.74, 6) is -0.817. The second-order valence-electron chi connectivity index (χ2n) is 5.70. The molecular weight excluding hydrogens is 388 g/mol. The third-order valence-electron chi connectivity index (χ3n) is 4.28. The standard InChI is InChI=1S/C18H13BrN2O4/c1-24-13-8-6-12(7-9-13)21-17(22)14-15(20-25-16(14)18(21)23)10-2-4-11(19)5-3-10/h2-9,14,16H,1H3/t14-,16-/m1/s1. The molecular formula is C18H13BrN2O4. The minimum Gasteiger partial charge on any atom is -0.497 e. The lowest BCUT2D eigenvalue weighted by molar-refractivity contribution is -0.126. The summed E-state index contributed by atoms with van der Waals surface area (Å²) >= 11 is 3.37. The first-order valence-corrected chi connectivity index (χ1v) is 8.41. The number of halogens is 1. The second kappa shape index (κ2) is 6.00. The number of ether oxygens (including phenoxy) is 1. The lowest BCUT2D eigenvalue weighted by Gasteiger charge is -2.15. The molecule has 0 N–H and O–H groups in total. The molecule has 2 heterocycles. The SMILES string of the molecule is COc1ccc(N2C(=O)[C@@H]3C(c4ccc(Br)cc4)=NO[C@H]3C2=O)cc1. The molecule has 2 aromatic rings. The van der Waals surface area contributed by atoms with Crippen molar-refractivity contribution in [1.82, 2.24) is 0 Å². The normalized spacial score (nSPS) is 21.8. The number of carbonyl (C=O) groups excluding carboxylic acids is 2. The highest BCUT2D eigenvalue weighted by atomic mass is 79.9. The van der Waals surface area contributed by atoms with Gasteiger partial charge in [-0.15, -0.1) is 0 Å². The lowest BCUT2D eigenvalue weighted by Crippen LogP contribution is -2.33. The summed E-state index contributed by atoms with van der Waals surface area (Å²) in [4.78, 5) is 32.0. The van der Waals surface area contributed by atoms with Crippen LogP contribution >= 0.6 is 15.9 Å². The van der Waals surface area contributed by atoms with Crippen LogP contribution in [-0.2, 0) is 14.4 Å². The van der Waals surface area contributed by atoms with Gasteiger partial charge in [-0.05, 0) is 36.4 Å². The van der Waals surface area contributed by atoms with Crippen LogP contribution in [0.25, 0.3) is 0 Å². The topological polar surface area (TPSA) is 68.2 Å². The van der Waals surface area contributed by atoms with Crippen LogP contribution in [0.2, 0.25) is 0 Å². The zero-order valence-corrected chi connectivity index (χ0v) is 14.8. The Morgan fingerprint density at radius 3 is 2.36 bits per heavy atom. The Kier molecular flexibility index (Phi) is 3.80. The number of fused-ring (bicyclic) bond motifs is 1. The average molecular weight is 401 g/mol. The van der Waals surface area contributed by atoms with Gasteiger partial charge in [0.05, 0.1) is 12.8 Å². The molecule has 25 heavy (non-hydrogen) atoms. The average Bonchev–Trinajstić information content (AvgIpc) is 3.17. The number of hydrogen-bond donors (Lipinski definition) is 0. The fourth-order valence-electron chi connectivity index (χ4n) is 3.02. The summed E-state index contributed by atoms with van der Waals surface area (Å²) in [5.41, 5.74) is 1.73. The minimum absolute atomic E-state index is 0.334. The van der Waals surface area contributed by atoms with Crippen molar-refractivity contribution in [3.05, 3.63) is 58.6 Å². The number of amides is 2. The number of nitrogens with zero attached hydrogens (tertiary/aromatic N) is 2. The van der Waals surface area contributed by atoms with E-state index in [1.54, 1.807) is 31.4 Å². The molecule has 7 heteroatoms. The summed E-state index contributed by atoms with van der Waals surface area (Å²) in [5, 5.41) is 3.99. The van der Waals surface area contributed by atoms with Crippen LogP contribution in [0.1, 0.15) is 5.56 Å². The molecule has 4 rings (SSSR count). The van der Waals surface area contributed by atoms with Crippen LogP contribution < -0.4 is 9.64 Å². The van der Waals surface area contributed by atoms with E-state index in [9.17, 15) is 9.59 Å². The molecule has 2 aliphatic heterocycles. The Bertz CT molecular complexity index is 877. The smallest absolute Gasteiger partial charge is 0.278 e. The molecule has 0 bridgehead atoms. The van der Waals surface area contributed by atoms with E-state index < -0.39 is 17.9 Å². The highest BCUT2D eigenvalue weighted by Crippen LogP contribution is 2.35. The number of hydrogen-bond acceptors (Lipinski definition) is 5. The second-order valence-corrected chi connectivity index (χ2v) is 6.61. The van der Waals surface area contributed by atoms with E-state index in [1.165, 1.54) is 0 Å². The quantitative estimate of drug-likeness (QED) is 0.742. The molecule has 0 saturated carbocycles. The number of rotatable bonds is 3. The highest BCUT2D eigenvalue weighted by Gasteiger charge is 2.56. The summed E-state index contributed by atoms with van der Waals surface area (Å²) in [6, 6.07) is 14.1.